The smallest absolute Gasteiger partial charge is 0.0230 e. The van der Waals surface area contributed by atoms with Crippen LogP contribution in [0.3, 0.4) is 0 Å². The van der Waals surface area contributed by atoms with Crippen molar-refractivity contribution in [3.63, 3.8) is 0 Å². The fraction of sp³-hybridized carbons (Fsp3) is 0.545. The van der Waals surface area contributed by atoms with Crippen LogP contribution < -0.4 is 0 Å². The van der Waals surface area contributed by atoms with Gasteiger partial charge in [-0.1, -0.05) is 31.6 Å². The van der Waals surface area contributed by atoms with Gasteiger partial charge in [-0.3, -0.25) is 4.99 Å². The minimum absolute atomic E-state index is 0.963. The van der Waals surface area contributed by atoms with Crippen molar-refractivity contribution in [3.05, 3.63) is 24.4 Å². The highest BCUT2D eigenvalue weighted by molar-refractivity contribution is 5.79. The zero-order valence-electron chi connectivity index (χ0n) is 8.43. The van der Waals surface area contributed by atoms with Crippen LogP contribution in [-0.2, 0) is 0 Å². The van der Waals surface area contributed by atoms with Crippen molar-refractivity contribution in [1.29, 1.82) is 0 Å². The van der Waals surface area contributed by atoms with E-state index in [0.29, 0.717) is 0 Å². The lowest BCUT2D eigenvalue weighted by Gasteiger charge is -1.96. The fourth-order valence-corrected chi connectivity index (χ4v) is 0.877. The Kier molecular flexibility index (Phi) is 6.35. The zero-order chi connectivity index (χ0) is 9.40. The lowest BCUT2D eigenvalue weighted by atomic mass is 10.1. The Morgan fingerprint density at radius 1 is 1.42 bits per heavy atom. The van der Waals surface area contributed by atoms with Crippen molar-refractivity contribution in [1.82, 2.24) is 0 Å². The van der Waals surface area contributed by atoms with Crippen LogP contribution in [0.2, 0.25) is 0 Å². The topological polar surface area (TPSA) is 12.4 Å². The minimum atomic E-state index is 0.963. The Morgan fingerprint density at radius 2 is 2.08 bits per heavy atom. The summed E-state index contributed by atoms with van der Waals surface area (Å²) >= 11 is 0. The predicted octanol–water partition coefficient (Wildman–Crippen LogP) is 3.73. The molecule has 0 saturated heterocycles. The summed E-state index contributed by atoms with van der Waals surface area (Å²) in [5.41, 5.74) is 2.38. The molecule has 0 aromatic rings. The highest BCUT2D eigenvalue weighted by atomic mass is 14.7. The Hall–Kier alpha value is -0.850. The summed E-state index contributed by atoms with van der Waals surface area (Å²) in [6.07, 6.45) is 7.19. The first kappa shape index (κ1) is 11.2. The molecule has 0 amide bonds. The third-order valence-electron chi connectivity index (χ3n) is 1.45. The van der Waals surface area contributed by atoms with Gasteiger partial charge in [0.15, 0.2) is 0 Å². The molecular formula is C11H19N. The Labute approximate surface area is 75.9 Å². The van der Waals surface area contributed by atoms with Crippen molar-refractivity contribution in [2.24, 2.45) is 4.99 Å². The van der Waals surface area contributed by atoms with E-state index in [1.807, 2.05) is 20.0 Å². The summed E-state index contributed by atoms with van der Waals surface area (Å²) in [6, 6.07) is 0. The maximum absolute atomic E-state index is 4.15. The maximum Gasteiger partial charge on any atom is 0.0230 e. The average molecular weight is 165 g/mol. The van der Waals surface area contributed by atoms with Crippen molar-refractivity contribution >= 4 is 5.71 Å². The summed E-state index contributed by atoms with van der Waals surface area (Å²) in [4.78, 5) is 4.15. The largest absolute Gasteiger partial charge is 0.267 e. The molecule has 0 aliphatic rings. The van der Waals surface area contributed by atoms with E-state index in [1.54, 1.807) is 0 Å². The average Bonchev–Trinajstić information content (AvgIpc) is 1.98. The Morgan fingerprint density at radius 3 is 2.58 bits per heavy atom. The Balaban J connectivity index is 3.60. The third-order valence-corrected chi connectivity index (χ3v) is 1.45. The number of nitrogens with zero attached hydrogens (tertiary/aromatic N) is 1. The van der Waals surface area contributed by atoms with Gasteiger partial charge in [-0.05, 0) is 26.7 Å². The van der Waals surface area contributed by atoms with Crippen LogP contribution in [0.5, 0.6) is 0 Å². The number of allylic oxidation sites excluding steroid dienone is 2. The normalized spacial score (nSPS) is 10.2. The molecule has 0 N–H and O–H groups in total. The molecule has 12 heavy (non-hydrogen) atoms. The van der Waals surface area contributed by atoms with Crippen molar-refractivity contribution in [3.8, 4) is 0 Å². The highest BCUT2D eigenvalue weighted by Gasteiger charge is 1.87. The van der Waals surface area contributed by atoms with E-state index < -0.39 is 0 Å². The fourth-order valence-electron chi connectivity index (χ4n) is 0.877. The van der Waals surface area contributed by atoms with E-state index in [0.717, 1.165) is 18.6 Å². The summed E-state index contributed by atoms with van der Waals surface area (Å²) in [6.45, 7) is 10.1. The monoisotopic (exact) mass is 165 g/mol. The number of hydrogen-bond donors (Lipinski definition) is 0. The third kappa shape index (κ3) is 7.26. The molecule has 0 heterocycles. The second kappa shape index (κ2) is 6.84. The molecule has 0 rings (SSSR count). The van der Waals surface area contributed by atoms with Crippen molar-refractivity contribution < 1.29 is 0 Å². The van der Waals surface area contributed by atoms with Gasteiger partial charge in [-0.2, -0.15) is 0 Å². The van der Waals surface area contributed by atoms with Crippen LogP contribution in [0.4, 0.5) is 0 Å². The van der Waals surface area contributed by atoms with Crippen molar-refractivity contribution in [2.75, 3.05) is 0 Å². The van der Waals surface area contributed by atoms with Crippen LogP contribution in [0.25, 0.3) is 0 Å². The molecule has 68 valence electrons. The first-order valence-electron chi connectivity index (χ1n) is 4.49. The van der Waals surface area contributed by atoms with Crippen LogP contribution in [0.15, 0.2) is 29.4 Å². The number of hydrogen-bond acceptors (Lipinski definition) is 1. The number of aliphatic imine (C=N–C) groups is 1. The van der Waals surface area contributed by atoms with Gasteiger partial charge < -0.3 is 0 Å². The molecule has 0 aliphatic heterocycles. The second-order valence-corrected chi connectivity index (χ2v) is 3.17. The molecule has 0 bridgehead atoms. The molecule has 0 atom stereocenters. The van der Waals surface area contributed by atoms with E-state index in [2.05, 4.69) is 24.6 Å². The molecule has 0 fully saturated rings. The lowest BCUT2D eigenvalue weighted by Crippen LogP contribution is -1.78. The van der Waals surface area contributed by atoms with Crippen molar-refractivity contribution in [2.45, 2.75) is 40.0 Å². The molecule has 0 aromatic carbocycles. The quantitative estimate of drug-likeness (QED) is 0.435. The zero-order valence-corrected chi connectivity index (χ0v) is 8.43. The minimum Gasteiger partial charge on any atom is -0.267 e. The van der Waals surface area contributed by atoms with Gasteiger partial charge in [-0.25, -0.2) is 0 Å². The van der Waals surface area contributed by atoms with E-state index in [1.165, 1.54) is 12.0 Å². The first-order valence-corrected chi connectivity index (χ1v) is 4.49. The molecule has 0 radical (unpaired) electrons. The van der Waals surface area contributed by atoms with Gasteiger partial charge in [0, 0.05) is 11.9 Å². The molecule has 0 unspecified atom stereocenters. The maximum atomic E-state index is 4.15. The van der Waals surface area contributed by atoms with Gasteiger partial charge in [0.1, 0.15) is 0 Å². The summed E-state index contributed by atoms with van der Waals surface area (Å²) < 4.78 is 0. The summed E-state index contributed by atoms with van der Waals surface area (Å²) in [5, 5.41) is 0. The summed E-state index contributed by atoms with van der Waals surface area (Å²) in [7, 11) is 0. The molecule has 1 nitrogen and oxygen atoms in total. The highest BCUT2D eigenvalue weighted by Crippen LogP contribution is 2.06. The molecule has 0 aliphatic carbocycles. The van der Waals surface area contributed by atoms with Gasteiger partial charge >= 0.3 is 0 Å². The molecule has 0 aromatic heterocycles. The van der Waals surface area contributed by atoms with E-state index in [4.69, 9.17) is 0 Å². The van der Waals surface area contributed by atoms with E-state index >= 15 is 0 Å². The Bertz CT molecular complexity index is 183. The summed E-state index contributed by atoms with van der Waals surface area (Å²) in [5.74, 6) is 0. The van der Waals surface area contributed by atoms with Crippen LogP contribution >= 0.6 is 0 Å². The first-order chi connectivity index (χ1) is 5.66. The van der Waals surface area contributed by atoms with Gasteiger partial charge in [0.2, 0.25) is 0 Å². The number of rotatable bonds is 5. The molecule has 1 heteroatoms. The standard InChI is InChI=1S/C11H19N/c1-5-7-11(4)8-6-9-12-10(2)3/h6,9H,4-5,7-8H2,1-3H3/b9-6-. The van der Waals surface area contributed by atoms with Gasteiger partial charge in [0.25, 0.3) is 0 Å². The SMILES string of the molecule is C=C(C/C=C\N=C(C)C)CCC. The molecule has 0 saturated carbocycles. The van der Waals surface area contributed by atoms with Crippen LogP contribution in [-0.4, -0.2) is 5.71 Å². The van der Waals surface area contributed by atoms with E-state index in [9.17, 15) is 0 Å². The molecular weight excluding hydrogens is 146 g/mol. The lowest BCUT2D eigenvalue weighted by molar-refractivity contribution is 0.884. The molecule has 0 spiro atoms. The van der Waals surface area contributed by atoms with Crippen LogP contribution in [0.1, 0.15) is 40.0 Å². The predicted molar refractivity (Wildman–Crippen MR) is 56.6 cm³/mol. The van der Waals surface area contributed by atoms with Crippen LogP contribution in [0, 0.1) is 0 Å². The second-order valence-electron chi connectivity index (χ2n) is 3.17. The van der Waals surface area contributed by atoms with E-state index in [-0.39, 0.29) is 0 Å². The van der Waals surface area contributed by atoms with Gasteiger partial charge in [-0.15, -0.1) is 0 Å². The van der Waals surface area contributed by atoms with Gasteiger partial charge in [0.05, 0.1) is 0 Å².